The standard InChI is InChI=1S/C16H12ClNO4S/c17-11-3-1-2-10(4-11)13-9-23-16(18-13)8-22-15-7-21-12(6-19)5-14(15)20/h1-5,7,9,19H,6,8H2. The number of ether oxygens (including phenoxy) is 1. The molecule has 5 nitrogen and oxygen atoms in total. The van der Waals surface area contributed by atoms with Gasteiger partial charge in [0.25, 0.3) is 0 Å². The van der Waals surface area contributed by atoms with E-state index in [9.17, 15) is 4.79 Å². The van der Waals surface area contributed by atoms with Gasteiger partial charge in [0.15, 0.2) is 0 Å². The second-order valence-corrected chi connectivity index (χ2v) is 6.04. The van der Waals surface area contributed by atoms with Gasteiger partial charge in [0.1, 0.15) is 30.2 Å². The average Bonchev–Trinajstić information content (AvgIpc) is 3.02. The van der Waals surface area contributed by atoms with E-state index in [2.05, 4.69) is 4.98 Å². The van der Waals surface area contributed by atoms with Crippen molar-refractivity contribution in [3.05, 3.63) is 68.0 Å². The van der Waals surface area contributed by atoms with Crippen LogP contribution in [0.2, 0.25) is 5.02 Å². The van der Waals surface area contributed by atoms with E-state index in [1.807, 2.05) is 23.6 Å². The number of rotatable bonds is 5. The fraction of sp³-hybridized carbons (Fsp3) is 0.125. The zero-order valence-corrected chi connectivity index (χ0v) is 13.4. The van der Waals surface area contributed by atoms with Crippen LogP contribution in [0.15, 0.2) is 51.2 Å². The first-order valence-electron chi connectivity index (χ1n) is 6.71. The lowest BCUT2D eigenvalue weighted by atomic mass is 10.2. The van der Waals surface area contributed by atoms with Crippen LogP contribution in [-0.2, 0) is 13.2 Å². The maximum Gasteiger partial charge on any atom is 0.227 e. The van der Waals surface area contributed by atoms with Crippen molar-refractivity contribution < 1.29 is 14.3 Å². The molecule has 0 saturated heterocycles. The van der Waals surface area contributed by atoms with Crippen LogP contribution < -0.4 is 10.2 Å². The summed E-state index contributed by atoms with van der Waals surface area (Å²) in [5.41, 5.74) is 1.39. The van der Waals surface area contributed by atoms with Crippen molar-refractivity contribution >= 4 is 22.9 Å². The van der Waals surface area contributed by atoms with E-state index in [-0.39, 0.29) is 30.2 Å². The summed E-state index contributed by atoms with van der Waals surface area (Å²) in [6.45, 7) is -0.167. The third kappa shape index (κ3) is 3.79. The lowest BCUT2D eigenvalue weighted by molar-refractivity contribution is 0.236. The molecule has 0 radical (unpaired) electrons. The largest absolute Gasteiger partial charge is 0.479 e. The maximum atomic E-state index is 11.8. The van der Waals surface area contributed by atoms with Gasteiger partial charge >= 0.3 is 0 Å². The van der Waals surface area contributed by atoms with Crippen molar-refractivity contribution in [1.29, 1.82) is 0 Å². The lowest BCUT2D eigenvalue weighted by Crippen LogP contribution is -2.07. The normalized spacial score (nSPS) is 10.7. The molecule has 7 heteroatoms. The summed E-state index contributed by atoms with van der Waals surface area (Å²) in [6.07, 6.45) is 1.19. The van der Waals surface area contributed by atoms with Crippen LogP contribution in [-0.4, -0.2) is 10.1 Å². The highest BCUT2D eigenvalue weighted by atomic mass is 35.5. The molecular weight excluding hydrogens is 338 g/mol. The highest BCUT2D eigenvalue weighted by Crippen LogP contribution is 2.24. The van der Waals surface area contributed by atoms with Gasteiger partial charge in [-0.3, -0.25) is 4.79 Å². The molecule has 23 heavy (non-hydrogen) atoms. The van der Waals surface area contributed by atoms with Gasteiger partial charge in [-0.25, -0.2) is 4.98 Å². The Balaban J connectivity index is 1.71. The number of benzene rings is 1. The van der Waals surface area contributed by atoms with Gasteiger partial charge in [-0.2, -0.15) is 0 Å². The summed E-state index contributed by atoms with van der Waals surface area (Å²) in [5, 5.41) is 12.2. The third-order valence-corrected chi connectivity index (χ3v) is 4.09. The topological polar surface area (TPSA) is 72.6 Å². The van der Waals surface area contributed by atoms with Crippen LogP contribution in [0.1, 0.15) is 10.8 Å². The summed E-state index contributed by atoms with van der Waals surface area (Å²) < 4.78 is 10.5. The van der Waals surface area contributed by atoms with Gasteiger partial charge in [-0.1, -0.05) is 23.7 Å². The number of aromatic nitrogens is 1. The number of hydrogen-bond donors (Lipinski definition) is 1. The van der Waals surface area contributed by atoms with Gasteiger partial charge in [-0.05, 0) is 12.1 Å². The predicted octanol–water partition coefficient (Wildman–Crippen LogP) is 3.49. The molecule has 0 saturated carbocycles. The van der Waals surface area contributed by atoms with Crippen molar-refractivity contribution in [2.45, 2.75) is 13.2 Å². The molecule has 0 spiro atoms. The van der Waals surface area contributed by atoms with E-state index >= 15 is 0 Å². The maximum absolute atomic E-state index is 11.8. The van der Waals surface area contributed by atoms with Gasteiger partial charge in [-0.15, -0.1) is 11.3 Å². The predicted molar refractivity (Wildman–Crippen MR) is 87.8 cm³/mol. The van der Waals surface area contributed by atoms with Crippen LogP contribution in [0.5, 0.6) is 5.75 Å². The highest BCUT2D eigenvalue weighted by Gasteiger charge is 2.08. The molecule has 0 aliphatic heterocycles. The van der Waals surface area contributed by atoms with Crippen molar-refractivity contribution in [2.24, 2.45) is 0 Å². The smallest absolute Gasteiger partial charge is 0.227 e. The van der Waals surface area contributed by atoms with E-state index in [1.54, 1.807) is 6.07 Å². The first kappa shape index (κ1) is 15.7. The number of aliphatic hydroxyl groups is 1. The fourth-order valence-corrected chi connectivity index (χ4v) is 2.83. The van der Waals surface area contributed by atoms with Gasteiger partial charge in [0.2, 0.25) is 11.2 Å². The second kappa shape index (κ2) is 6.95. The van der Waals surface area contributed by atoms with Crippen molar-refractivity contribution in [3.8, 4) is 17.0 Å². The third-order valence-electron chi connectivity index (χ3n) is 3.03. The molecule has 3 aromatic rings. The summed E-state index contributed by atoms with van der Waals surface area (Å²) in [4.78, 5) is 16.2. The molecule has 2 aromatic heterocycles. The zero-order valence-electron chi connectivity index (χ0n) is 11.9. The van der Waals surface area contributed by atoms with Crippen LogP contribution in [0, 0.1) is 0 Å². The molecule has 0 atom stereocenters. The fourth-order valence-electron chi connectivity index (χ4n) is 1.92. The van der Waals surface area contributed by atoms with E-state index in [4.69, 9.17) is 25.9 Å². The van der Waals surface area contributed by atoms with E-state index < -0.39 is 0 Å². The first-order chi connectivity index (χ1) is 11.2. The summed E-state index contributed by atoms with van der Waals surface area (Å²) in [5.74, 6) is 0.279. The molecule has 3 rings (SSSR count). The zero-order chi connectivity index (χ0) is 16.2. The van der Waals surface area contributed by atoms with Crippen molar-refractivity contribution in [3.63, 3.8) is 0 Å². The Morgan fingerprint density at radius 3 is 2.96 bits per heavy atom. The molecule has 2 heterocycles. The highest BCUT2D eigenvalue weighted by molar-refractivity contribution is 7.09. The minimum absolute atomic E-state index is 0.0849. The quantitative estimate of drug-likeness (QED) is 0.763. The Labute approximate surface area is 140 Å². The Morgan fingerprint density at radius 1 is 1.35 bits per heavy atom. The first-order valence-corrected chi connectivity index (χ1v) is 7.97. The average molecular weight is 350 g/mol. The van der Waals surface area contributed by atoms with Gasteiger partial charge < -0.3 is 14.3 Å². The van der Waals surface area contributed by atoms with E-state index in [1.165, 1.54) is 23.7 Å². The summed E-state index contributed by atoms with van der Waals surface area (Å²) in [6, 6.07) is 8.63. The van der Waals surface area contributed by atoms with Crippen molar-refractivity contribution in [2.75, 3.05) is 0 Å². The molecule has 0 aliphatic carbocycles. The molecular formula is C16H12ClNO4S. The molecule has 1 N–H and O–H groups in total. The number of hydrogen-bond acceptors (Lipinski definition) is 6. The Bertz CT molecular complexity index is 874. The number of nitrogens with zero attached hydrogens (tertiary/aromatic N) is 1. The molecule has 0 unspecified atom stereocenters. The van der Waals surface area contributed by atoms with Crippen LogP contribution >= 0.6 is 22.9 Å². The van der Waals surface area contributed by atoms with Gasteiger partial charge in [0.05, 0.1) is 5.69 Å². The lowest BCUT2D eigenvalue weighted by Gasteiger charge is -2.03. The Hall–Kier alpha value is -2.15. The minimum atomic E-state index is -0.341. The molecule has 1 aromatic carbocycles. The SMILES string of the molecule is O=c1cc(CO)occ1OCc1nc(-c2cccc(Cl)c2)cs1. The second-order valence-electron chi connectivity index (χ2n) is 4.66. The molecule has 0 amide bonds. The van der Waals surface area contributed by atoms with Crippen LogP contribution in [0.3, 0.4) is 0 Å². The molecule has 118 valence electrons. The molecule has 0 aliphatic rings. The van der Waals surface area contributed by atoms with Gasteiger partial charge in [0, 0.05) is 22.0 Å². The van der Waals surface area contributed by atoms with Crippen LogP contribution in [0.25, 0.3) is 11.3 Å². The van der Waals surface area contributed by atoms with Crippen LogP contribution in [0.4, 0.5) is 0 Å². The number of thiazole rings is 1. The Morgan fingerprint density at radius 2 is 2.22 bits per heavy atom. The number of halogens is 1. The van der Waals surface area contributed by atoms with E-state index in [0.717, 1.165) is 16.3 Å². The van der Waals surface area contributed by atoms with E-state index in [0.29, 0.717) is 5.02 Å². The summed E-state index contributed by atoms with van der Waals surface area (Å²) >= 11 is 7.40. The molecule has 0 bridgehead atoms. The summed E-state index contributed by atoms with van der Waals surface area (Å²) in [7, 11) is 0. The minimum Gasteiger partial charge on any atom is -0.479 e. The van der Waals surface area contributed by atoms with Crippen molar-refractivity contribution in [1.82, 2.24) is 4.98 Å². The molecule has 0 fully saturated rings. The Kier molecular flexibility index (Phi) is 4.76. The monoisotopic (exact) mass is 349 g/mol. The number of aliphatic hydroxyl groups excluding tert-OH is 1.